The molecule has 1 saturated heterocycles. The highest BCUT2D eigenvalue weighted by atomic mass is 19.1. The van der Waals surface area contributed by atoms with Crippen molar-refractivity contribution >= 4 is 0 Å². The molecule has 0 amide bonds. The van der Waals surface area contributed by atoms with Gasteiger partial charge in [0.2, 0.25) is 0 Å². The zero-order valence-electron chi connectivity index (χ0n) is 14.3. The molecule has 2 aliphatic rings. The average Bonchev–Trinajstić information content (AvgIpc) is 2.61. The van der Waals surface area contributed by atoms with E-state index in [-0.39, 0.29) is 5.56 Å². The zero-order valence-corrected chi connectivity index (χ0v) is 14.3. The summed E-state index contributed by atoms with van der Waals surface area (Å²) in [5.74, 6) is 1.68. The van der Waals surface area contributed by atoms with Crippen molar-refractivity contribution in [1.29, 1.82) is 5.26 Å². The number of rotatable bonds is 4. The maximum atomic E-state index is 13.7. The molecule has 4 heteroatoms. The van der Waals surface area contributed by atoms with Crippen LogP contribution < -0.4 is 0 Å². The molecule has 0 atom stereocenters. The van der Waals surface area contributed by atoms with Crippen LogP contribution in [0.15, 0.2) is 18.2 Å². The summed E-state index contributed by atoms with van der Waals surface area (Å²) >= 11 is 0. The molecule has 1 aromatic carbocycles. The summed E-state index contributed by atoms with van der Waals surface area (Å²) in [4.78, 5) is 0. The Kier molecular flexibility index (Phi) is 5.86. The molecule has 0 spiro atoms. The van der Waals surface area contributed by atoms with Crippen molar-refractivity contribution in [3.8, 4) is 6.07 Å². The van der Waals surface area contributed by atoms with Crippen molar-refractivity contribution in [2.24, 2.45) is 17.8 Å². The first kappa shape index (κ1) is 17.4. The third-order valence-electron chi connectivity index (χ3n) is 5.47. The number of ether oxygens (including phenoxy) is 2. The summed E-state index contributed by atoms with van der Waals surface area (Å²) in [5, 5.41) is 8.78. The molecule has 1 aliphatic carbocycles. The molecule has 3 nitrogen and oxygen atoms in total. The fraction of sp³-hybridized carbons (Fsp3) is 0.650. The lowest BCUT2D eigenvalue weighted by atomic mass is 9.80. The number of hydrogen-bond acceptors (Lipinski definition) is 3. The Bertz CT molecular complexity index is 582. The summed E-state index contributed by atoms with van der Waals surface area (Å²) in [7, 11) is 0. The van der Waals surface area contributed by atoms with Crippen LogP contribution in [-0.4, -0.2) is 13.2 Å². The van der Waals surface area contributed by atoms with Gasteiger partial charge in [0.15, 0.2) is 6.29 Å². The molecule has 130 valence electrons. The van der Waals surface area contributed by atoms with Crippen LogP contribution >= 0.6 is 0 Å². The van der Waals surface area contributed by atoms with Gasteiger partial charge in [0.1, 0.15) is 11.9 Å². The number of nitriles is 1. The van der Waals surface area contributed by atoms with E-state index in [1.54, 1.807) is 6.07 Å². The van der Waals surface area contributed by atoms with Gasteiger partial charge in [-0.25, -0.2) is 4.39 Å². The second-order valence-corrected chi connectivity index (χ2v) is 7.42. The smallest absolute Gasteiger partial charge is 0.183 e. The molecule has 1 aromatic rings. The first-order valence-corrected chi connectivity index (χ1v) is 9.08. The predicted octanol–water partition coefficient (Wildman–Crippen LogP) is 4.97. The summed E-state index contributed by atoms with van der Waals surface area (Å²) in [6.45, 7) is 3.68. The lowest BCUT2D eigenvalue weighted by molar-refractivity contribution is -0.206. The Labute approximate surface area is 143 Å². The van der Waals surface area contributed by atoms with E-state index in [4.69, 9.17) is 14.7 Å². The lowest BCUT2D eigenvalue weighted by Crippen LogP contribution is -2.28. The van der Waals surface area contributed by atoms with Crippen molar-refractivity contribution in [3.63, 3.8) is 0 Å². The van der Waals surface area contributed by atoms with E-state index in [0.717, 1.165) is 18.3 Å². The normalized spacial score (nSPS) is 30.7. The average molecular weight is 331 g/mol. The van der Waals surface area contributed by atoms with E-state index < -0.39 is 12.1 Å². The van der Waals surface area contributed by atoms with E-state index in [0.29, 0.717) is 24.7 Å². The minimum atomic E-state index is -0.518. The minimum Gasteiger partial charge on any atom is -0.348 e. The van der Waals surface area contributed by atoms with Crippen molar-refractivity contribution in [2.75, 3.05) is 13.2 Å². The molecular formula is C20H26FNO2. The molecular weight excluding hydrogens is 305 g/mol. The Morgan fingerprint density at radius 3 is 2.38 bits per heavy atom. The van der Waals surface area contributed by atoms with Gasteiger partial charge >= 0.3 is 0 Å². The quantitative estimate of drug-likeness (QED) is 0.782. The monoisotopic (exact) mass is 331 g/mol. The van der Waals surface area contributed by atoms with Gasteiger partial charge in [-0.3, -0.25) is 0 Å². The van der Waals surface area contributed by atoms with Crippen LogP contribution in [0.25, 0.3) is 0 Å². The molecule has 3 rings (SSSR count). The Hall–Kier alpha value is -1.44. The second-order valence-electron chi connectivity index (χ2n) is 7.42. The van der Waals surface area contributed by atoms with Crippen LogP contribution in [0.4, 0.5) is 4.39 Å². The molecule has 0 N–H and O–H groups in total. The summed E-state index contributed by atoms with van der Waals surface area (Å²) in [5.41, 5.74) is 0.695. The molecule has 1 heterocycles. The zero-order chi connectivity index (χ0) is 16.9. The molecule has 0 unspecified atom stereocenters. The van der Waals surface area contributed by atoms with E-state index >= 15 is 0 Å². The molecule has 1 aliphatic heterocycles. The van der Waals surface area contributed by atoms with Gasteiger partial charge in [-0.05, 0) is 30.4 Å². The maximum absolute atomic E-state index is 13.7. The molecule has 0 aromatic heterocycles. The Balaban J connectivity index is 1.44. The van der Waals surface area contributed by atoms with Crippen molar-refractivity contribution in [3.05, 3.63) is 35.1 Å². The maximum Gasteiger partial charge on any atom is 0.183 e. The standard InChI is InChI=1S/C20H26FNO2/c1-14-2-4-15(5-3-14)6-7-16-12-23-20(24-13-16)17-8-9-18(11-22)19(21)10-17/h8-10,14-16,20H,2-7,12-13H2,1H3/t14-,15-,16-,20-. The van der Waals surface area contributed by atoms with E-state index in [2.05, 4.69) is 6.92 Å². The van der Waals surface area contributed by atoms with E-state index in [1.807, 2.05) is 6.07 Å². The number of halogens is 1. The highest BCUT2D eigenvalue weighted by Gasteiger charge is 2.26. The number of nitrogens with zero attached hydrogens (tertiary/aromatic N) is 1. The Morgan fingerprint density at radius 1 is 1.08 bits per heavy atom. The fourth-order valence-electron chi connectivity index (χ4n) is 3.76. The van der Waals surface area contributed by atoms with Crippen molar-refractivity contribution in [2.45, 2.75) is 51.7 Å². The van der Waals surface area contributed by atoms with Gasteiger partial charge in [0.25, 0.3) is 0 Å². The fourth-order valence-corrected chi connectivity index (χ4v) is 3.76. The van der Waals surface area contributed by atoms with Gasteiger partial charge in [-0.2, -0.15) is 5.26 Å². The van der Waals surface area contributed by atoms with Crippen LogP contribution in [0, 0.1) is 34.9 Å². The highest BCUT2D eigenvalue weighted by molar-refractivity contribution is 5.33. The van der Waals surface area contributed by atoms with Gasteiger partial charge in [-0.15, -0.1) is 0 Å². The molecule has 1 saturated carbocycles. The van der Waals surface area contributed by atoms with Crippen LogP contribution in [0.1, 0.15) is 62.9 Å². The van der Waals surface area contributed by atoms with Crippen molar-refractivity contribution in [1.82, 2.24) is 0 Å². The van der Waals surface area contributed by atoms with Gasteiger partial charge in [0, 0.05) is 11.5 Å². The van der Waals surface area contributed by atoms with E-state index in [9.17, 15) is 4.39 Å². The van der Waals surface area contributed by atoms with Gasteiger partial charge < -0.3 is 9.47 Å². The lowest BCUT2D eigenvalue weighted by Gasteiger charge is -2.31. The third-order valence-corrected chi connectivity index (χ3v) is 5.47. The van der Waals surface area contributed by atoms with E-state index in [1.165, 1.54) is 44.2 Å². The number of benzene rings is 1. The largest absolute Gasteiger partial charge is 0.348 e. The van der Waals surface area contributed by atoms with Crippen LogP contribution in [0.3, 0.4) is 0 Å². The second kappa shape index (κ2) is 8.09. The molecule has 24 heavy (non-hydrogen) atoms. The highest BCUT2D eigenvalue weighted by Crippen LogP contribution is 2.34. The van der Waals surface area contributed by atoms with Crippen LogP contribution in [0.2, 0.25) is 0 Å². The molecule has 0 radical (unpaired) electrons. The first-order chi connectivity index (χ1) is 11.7. The summed E-state index contributed by atoms with van der Waals surface area (Å²) in [6.07, 6.45) is 7.36. The van der Waals surface area contributed by atoms with Crippen molar-refractivity contribution < 1.29 is 13.9 Å². The number of hydrogen-bond donors (Lipinski definition) is 0. The first-order valence-electron chi connectivity index (χ1n) is 9.08. The SMILES string of the molecule is C[C@H]1CC[C@H](CC[C@H]2CO[C@H](c3ccc(C#N)c(F)c3)OC2)CC1. The molecule has 2 fully saturated rings. The predicted molar refractivity (Wildman–Crippen MR) is 89.6 cm³/mol. The minimum absolute atomic E-state index is 0.0502. The summed E-state index contributed by atoms with van der Waals surface area (Å²) < 4.78 is 25.3. The molecule has 0 bridgehead atoms. The third kappa shape index (κ3) is 4.34. The topological polar surface area (TPSA) is 42.2 Å². The van der Waals surface area contributed by atoms with Crippen LogP contribution in [-0.2, 0) is 9.47 Å². The summed E-state index contributed by atoms with van der Waals surface area (Å²) in [6, 6.07) is 6.35. The van der Waals surface area contributed by atoms with Gasteiger partial charge in [-0.1, -0.05) is 45.1 Å². The Morgan fingerprint density at radius 2 is 1.75 bits per heavy atom. The van der Waals surface area contributed by atoms with Crippen LogP contribution in [0.5, 0.6) is 0 Å². The van der Waals surface area contributed by atoms with Gasteiger partial charge in [0.05, 0.1) is 18.8 Å².